The van der Waals surface area contributed by atoms with Crippen LogP contribution in [0.1, 0.15) is 36.9 Å². The molecule has 0 aliphatic carbocycles. The van der Waals surface area contributed by atoms with Crippen molar-refractivity contribution < 1.29 is 9.90 Å². The van der Waals surface area contributed by atoms with Gasteiger partial charge in [-0.3, -0.25) is 4.79 Å². The van der Waals surface area contributed by atoms with E-state index in [1.165, 1.54) is 0 Å². The van der Waals surface area contributed by atoms with Crippen LogP contribution in [0.15, 0.2) is 48.5 Å². The van der Waals surface area contributed by atoms with Gasteiger partial charge in [0, 0.05) is 30.4 Å². The van der Waals surface area contributed by atoms with Gasteiger partial charge in [-0.25, -0.2) is 0 Å². The third-order valence-corrected chi connectivity index (χ3v) is 4.25. The maximum atomic E-state index is 11.9. The molecule has 1 heterocycles. The van der Waals surface area contributed by atoms with E-state index in [9.17, 15) is 9.90 Å². The highest BCUT2D eigenvalue weighted by molar-refractivity contribution is 5.95. The number of carbonyl (C=O) groups excluding carboxylic acids is 1. The first-order valence-electron chi connectivity index (χ1n) is 8.04. The van der Waals surface area contributed by atoms with E-state index in [4.69, 9.17) is 0 Å². The predicted molar refractivity (Wildman–Crippen MR) is 92.4 cm³/mol. The molecule has 1 saturated heterocycles. The number of anilines is 2. The minimum atomic E-state index is 0.0487. The summed E-state index contributed by atoms with van der Waals surface area (Å²) in [6, 6.07) is 16.0. The molecule has 23 heavy (non-hydrogen) atoms. The number of hydrogen-bond donors (Lipinski definition) is 2. The molecule has 1 unspecified atom stereocenters. The second-order valence-corrected chi connectivity index (χ2v) is 5.97. The predicted octanol–water partition coefficient (Wildman–Crippen LogP) is 3.48. The van der Waals surface area contributed by atoms with Crippen LogP contribution in [0, 0.1) is 0 Å². The summed E-state index contributed by atoms with van der Waals surface area (Å²) in [5, 5.41) is 12.7. The maximum absolute atomic E-state index is 11.9. The molecule has 1 aliphatic rings. The Labute approximate surface area is 136 Å². The lowest BCUT2D eigenvalue weighted by Gasteiger charge is -2.20. The Hall–Kier alpha value is -2.33. The van der Waals surface area contributed by atoms with Crippen molar-refractivity contribution >= 4 is 17.3 Å². The average molecular weight is 310 g/mol. The van der Waals surface area contributed by atoms with Gasteiger partial charge >= 0.3 is 0 Å². The zero-order valence-electron chi connectivity index (χ0n) is 13.3. The molecule has 3 rings (SSSR count). The molecule has 1 atom stereocenters. The first-order valence-corrected chi connectivity index (χ1v) is 8.04. The monoisotopic (exact) mass is 310 g/mol. The summed E-state index contributed by atoms with van der Waals surface area (Å²) in [4.78, 5) is 13.7. The number of carbonyl (C=O) groups is 1. The summed E-state index contributed by atoms with van der Waals surface area (Å²) in [6.45, 7) is 2.94. The number of rotatable bonds is 5. The summed E-state index contributed by atoms with van der Waals surface area (Å²) in [5.41, 5.74) is 3.98. The number of aliphatic hydroxyl groups is 1. The van der Waals surface area contributed by atoms with Gasteiger partial charge in [0.05, 0.1) is 6.61 Å². The summed E-state index contributed by atoms with van der Waals surface area (Å²) >= 11 is 0. The lowest BCUT2D eigenvalue weighted by atomic mass is 10.1. The van der Waals surface area contributed by atoms with Crippen molar-refractivity contribution in [3.05, 3.63) is 59.7 Å². The molecule has 4 heteroatoms. The summed E-state index contributed by atoms with van der Waals surface area (Å²) < 4.78 is 0. The van der Waals surface area contributed by atoms with Crippen LogP contribution in [0.2, 0.25) is 0 Å². The molecule has 2 aromatic carbocycles. The van der Waals surface area contributed by atoms with Gasteiger partial charge in [-0.05, 0) is 42.7 Å². The quantitative estimate of drug-likeness (QED) is 0.889. The molecule has 0 aromatic heterocycles. The first kappa shape index (κ1) is 15.6. The third-order valence-electron chi connectivity index (χ3n) is 4.25. The number of nitrogens with zero attached hydrogens (tertiary/aromatic N) is 1. The van der Waals surface area contributed by atoms with Crippen molar-refractivity contribution in [1.82, 2.24) is 0 Å². The van der Waals surface area contributed by atoms with Gasteiger partial charge in [0.15, 0.2) is 0 Å². The van der Waals surface area contributed by atoms with Gasteiger partial charge in [-0.15, -0.1) is 0 Å². The largest absolute Gasteiger partial charge is 0.392 e. The topological polar surface area (TPSA) is 52.6 Å². The van der Waals surface area contributed by atoms with E-state index in [1.807, 2.05) is 53.4 Å². The van der Waals surface area contributed by atoms with Crippen molar-refractivity contribution in [3.8, 4) is 0 Å². The Morgan fingerprint density at radius 3 is 2.78 bits per heavy atom. The molecule has 1 aliphatic heterocycles. The van der Waals surface area contributed by atoms with Crippen LogP contribution >= 0.6 is 0 Å². The van der Waals surface area contributed by atoms with Crippen molar-refractivity contribution in [1.29, 1.82) is 0 Å². The van der Waals surface area contributed by atoms with E-state index in [2.05, 4.69) is 12.2 Å². The molecule has 120 valence electrons. The van der Waals surface area contributed by atoms with Crippen LogP contribution in [0.3, 0.4) is 0 Å². The van der Waals surface area contributed by atoms with Crippen LogP contribution in [-0.2, 0) is 11.4 Å². The van der Waals surface area contributed by atoms with E-state index in [0.717, 1.165) is 35.5 Å². The van der Waals surface area contributed by atoms with E-state index in [1.54, 1.807) is 0 Å². The van der Waals surface area contributed by atoms with Gasteiger partial charge < -0.3 is 15.3 Å². The number of amides is 1. The molecule has 4 nitrogen and oxygen atoms in total. The standard InChI is InChI=1S/C19H22N2O2/c1-14(16-6-2-5-15(11-16)13-22)20-17-7-3-8-18(12-17)21-10-4-9-19(21)23/h2-3,5-8,11-12,14,20,22H,4,9-10,13H2,1H3. The molecular formula is C19H22N2O2. The van der Waals surface area contributed by atoms with Gasteiger partial charge in [0.1, 0.15) is 0 Å². The van der Waals surface area contributed by atoms with Crippen molar-refractivity contribution in [2.75, 3.05) is 16.8 Å². The minimum absolute atomic E-state index is 0.0487. The van der Waals surface area contributed by atoms with Gasteiger partial charge in [-0.1, -0.05) is 30.3 Å². The number of benzene rings is 2. The van der Waals surface area contributed by atoms with Crippen LogP contribution in [0.5, 0.6) is 0 Å². The lowest BCUT2D eigenvalue weighted by Crippen LogP contribution is -2.23. The van der Waals surface area contributed by atoms with Crippen LogP contribution in [0.25, 0.3) is 0 Å². The SMILES string of the molecule is CC(Nc1cccc(N2CCCC2=O)c1)c1cccc(CO)c1. The summed E-state index contributed by atoms with van der Waals surface area (Å²) in [5.74, 6) is 0.200. The Morgan fingerprint density at radius 1 is 1.22 bits per heavy atom. The van der Waals surface area contributed by atoms with Crippen molar-refractivity contribution in [3.63, 3.8) is 0 Å². The molecular weight excluding hydrogens is 288 g/mol. The van der Waals surface area contributed by atoms with E-state index >= 15 is 0 Å². The average Bonchev–Trinajstić information content (AvgIpc) is 3.01. The number of nitrogens with one attached hydrogen (secondary N) is 1. The van der Waals surface area contributed by atoms with E-state index < -0.39 is 0 Å². The lowest BCUT2D eigenvalue weighted by molar-refractivity contribution is -0.117. The fraction of sp³-hybridized carbons (Fsp3) is 0.316. The number of hydrogen-bond acceptors (Lipinski definition) is 3. The Bertz CT molecular complexity index is 699. The highest BCUT2D eigenvalue weighted by atomic mass is 16.3. The molecule has 2 N–H and O–H groups in total. The first-order chi connectivity index (χ1) is 11.2. The minimum Gasteiger partial charge on any atom is -0.392 e. The second-order valence-electron chi connectivity index (χ2n) is 5.97. The van der Waals surface area contributed by atoms with Gasteiger partial charge in [0.25, 0.3) is 0 Å². The molecule has 0 saturated carbocycles. The highest BCUT2D eigenvalue weighted by Gasteiger charge is 2.21. The maximum Gasteiger partial charge on any atom is 0.227 e. The third kappa shape index (κ3) is 3.54. The molecule has 0 spiro atoms. The Morgan fingerprint density at radius 2 is 2.04 bits per heavy atom. The van der Waals surface area contributed by atoms with Crippen LogP contribution in [-0.4, -0.2) is 17.6 Å². The van der Waals surface area contributed by atoms with Crippen molar-refractivity contribution in [2.24, 2.45) is 0 Å². The molecule has 0 bridgehead atoms. The molecule has 2 aromatic rings. The van der Waals surface area contributed by atoms with E-state index in [-0.39, 0.29) is 18.6 Å². The van der Waals surface area contributed by atoms with Gasteiger partial charge in [-0.2, -0.15) is 0 Å². The van der Waals surface area contributed by atoms with Gasteiger partial charge in [0.2, 0.25) is 5.91 Å². The normalized spacial score (nSPS) is 15.7. The van der Waals surface area contributed by atoms with E-state index in [0.29, 0.717) is 6.42 Å². The Balaban J connectivity index is 1.75. The molecule has 1 amide bonds. The van der Waals surface area contributed by atoms with Crippen LogP contribution in [0.4, 0.5) is 11.4 Å². The smallest absolute Gasteiger partial charge is 0.227 e. The zero-order valence-corrected chi connectivity index (χ0v) is 13.3. The zero-order chi connectivity index (χ0) is 16.2. The summed E-state index contributed by atoms with van der Waals surface area (Å²) in [6.07, 6.45) is 1.57. The fourth-order valence-electron chi connectivity index (χ4n) is 2.98. The second kappa shape index (κ2) is 6.84. The highest BCUT2D eigenvalue weighted by Crippen LogP contribution is 2.26. The molecule has 1 fully saturated rings. The van der Waals surface area contributed by atoms with Crippen LogP contribution < -0.4 is 10.2 Å². The molecule has 0 radical (unpaired) electrons. The summed E-state index contributed by atoms with van der Waals surface area (Å²) in [7, 11) is 0. The Kier molecular flexibility index (Phi) is 4.63. The van der Waals surface area contributed by atoms with Crippen molar-refractivity contribution in [2.45, 2.75) is 32.4 Å². The fourth-order valence-corrected chi connectivity index (χ4v) is 2.98. The number of aliphatic hydroxyl groups excluding tert-OH is 1.